The lowest BCUT2D eigenvalue weighted by Gasteiger charge is -2.29. The van der Waals surface area contributed by atoms with E-state index >= 15 is 0 Å². The largest absolute Gasteiger partial charge is 0.481 e. The van der Waals surface area contributed by atoms with Gasteiger partial charge in [-0.15, -0.1) is 0 Å². The molecule has 3 unspecified atom stereocenters. The van der Waals surface area contributed by atoms with Crippen molar-refractivity contribution >= 4 is 18.0 Å². The number of benzene rings is 3. The van der Waals surface area contributed by atoms with Gasteiger partial charge >= 0.3 is 12.1 Å². The number of ether oxygens (including phenoxy) is 2. The molecule has 8 heteroatoms. The van der Waals surface area contributed by atoms with Crippen LogP contribution in [0.15, 0.2) is 78.9 Å². The second-order valence-corrected chi connectivity index (χ2v) is 11.4. The monoisotopic (exact) mass is 554 g/mol. The lowest BCUT2D eigenvalue weighted by atomic mass is 9.93. The summed E-state index contributed by atoms with van der Waals surface area (Å²) in [5.41, 5.74) is 5.04. The molecule has 1 saturated heterocycles. The standard InChI is InChI=1S/C33H34N2O6/c1-21(40-18-22-9-3-2-4-10-22)29(30(36)35-17-28(31(37)38)33(20-35)15-16-33)34-32(39)41-19-27-25-13-7-5-11-23(25)24-12-6-8-14-26(24)27/h2-14,21,27-29H,15-20H2,1H3,(H,34,39)(H,37,38). The van der Waals surface area contributed by atoms with Crippen molar-refractivity contribution in [1.29, 1.82) is 0 Å². The van der Waals surface area contributed by atoms with E-state index in [-0.39, 0.29) is 37.0 Å². The van der Waals surface area contributed by atoms with Crippen LogP contribution in [0.25, 0.3) is 11.1 Å². The highest BCUT2D eigenvalue weighted by molar-refractivity contribution is 5.88. The van der Waals surface area contributed by atoms with Gasteiger partial charge in [0.05, 0.1) is 18.6 Å². The van der Waals surface area contributed by atoms with Crippen LogP contribution in [-0.4, -0.2) is 59.8 Å². The van der Waals surface area contributed by atoms with Crippen molar-refractivity contribution in [2.24, 2.45) is 11.3 Å². The number of carboxylic acid groups (broad SMARTS) is 1. The molecule has 1 heterocycles. The molecule has 3 atom stereocenters. The van der Waals surface area contributed by atoms with E-state index in [9.17, 15) is 19.5 Å². The minimum absolute atomic E-state index is 0.112. The maximum atomic E-state index is 13.8. The zero-order valence-electron chi connectivity index (χ0n) is 23.0. The number of alkyl carbamates (subject to hydrolysis) is 1. The van der Waals surface area contributed by atoms with Crippen molar-refractivity contribution in [2.75, 3.05) is 19.7 Å². The first kappa shape index (κ1) is 27.0. The van der Waals surface area contributed by atoms with Crippen LogP contribution in [0.5, 0.6) is 0 Å². The maximum absolute atomic E-state index is 13.8. The number of rotatable bonds is 9. The third kappa shape index (κ3) is 5.32. The van der Waals surface area contributed by atoms with E-state index < -0.39 is 30.1 Å². The Bertz CT molecular complexity index is 1410. The maximum Gasteiger partial charge on any atom is 0.407 e. The molecule has 2 aliphatic carbocycles. The number of nitrogens with zero attached hydrogens (tertiary/aromatic N) is 1. The van der Waals surface area contributed by atoms with E-state index in [0.29, 0.717) is 6.54 Å². The van der Waals surface area contributed by atoms with Gasteiger partial charge in [0.1, 0.15) is 12.6 Å². The molecule has 1 aliphatic heterocycles. The average molecular weight is 555 g/mol. The number of carboxylic acids is 1. The predicted octanol–water partition coefficient (Wildman–Crippen LogP) is 4.82. The smallest absolute Gasteiger partial charge is 0.407 e. The van der Waals surface area contributed by atoms with Crippen molar-refractivity contribution in [3.8, 4) is 11.1 Å². The van der Waals surface area contributed by atoms with Gasteiger partial charge in [-0.25, -0.2) is 4.79 Å². The molecule has 1 saturated carbocycles. The van der Waals surface area contributed by atoms with E-state index in [1.807, 2.05) is 66.7 Å². The Morgan fingerprint density at radius 3 is 2.15 bits per heavy atom. The van der Waals surface area contributed by atoms with Gasteiger partial charge in [-0.3, -0.25) is 9.59 Å². The van der Waals surface area contributed by atoms with Crippen LogP contribution in [0.4, 0.5) is 4.79 Å². The molecule has 41 heavy (non-hydrogen) atoms. The van der Waals surface area contributed by atoms with Gasteiger partial charge in [-0.1, -0.05) is 78.9 Å². The molecule has 0 aromatic heterocycles. The fourth-order valence-electron chi connectivity index (χ4n) is 6.39. The molecule has 2 fully saturated rings. The highest BCUT2D eigenvalue weighted by Gasteiger charge is 2.59. The highest BCUT2D eigenvalue weighted by Crippen LogP contribution is 2.56. The third-order valence-corrected chi connectivity index (χ3v) is 8.86. The first-order valence-electron chi connectivity index (χ1n) is 14.1. The molecule has 3 aromatic carbocycles. The number of nitrogens with one attached hydrogen (secondary N) is 1. The summed E-state index contributed by atoms with van der Waals surface area (Å²) in [5, 5.41) is 12.5. The lowest BCUT2D eigenvalue weighted by molar-refractivity contribution is -0.143. The minimum Gasteiger partial charge on any atom is -0.481 e. The van der Waals surface area contributed by atoms with Gasteiger partial charge in [0, 0.05) is 24.4 Å². The molecule has 1 spiro atoms. The van der Waals surface area contributed by atoms with Crippen molar-refractivity contribution < 1.29 is 29.0 Å². The highest BCUT2D eigenvalue weighted by atomic mass is 16.5. The lowest BCUT2D eigenvalue weighted by Crippen LogP contribution is -2.54. The van der Waals surface area contributed by atoms with Gasteiger partial charge in [-0.2, -0.15) is 0 Å². The molecular formula is C33H34N2O6. The summed E-state index contributed by atoms with van der Waals surface area (Å²) < 4.78 is 11.8. The number of aliphatic carboxylic acids is 1. The zero-order valence-corrected chi connectivity index (χ0v) is 23.0. The van der Waals surface area contributed by atoms with E-state index in [0.717, 1.165) is 40.7 Å². The summed E-state index contributed by atoms with van der Waals surface area (Å²) in [7, 11) is 0. The number of amides is 2. The van der Waals surface area contributed by atoms with Crippen LogP contribution in [-0.2, 0) is 25.7 Å². The molecule has 6 rings (SSSR count). The Labute approximate surface area is 239 Å². The molecule has 0 radical (unpaired) electrons. The topological polar surface area (TPSA) is 105 Å². The van der Waals surface area contributed by atoms with Crippen LogP contribution < -0.4 is 5.32 Å². The van der Waals surface area contributed by atoms with Gasteiger partial charge in [0.15, 0.2) is 0 Å². The van der Waals surface area contributed by atoms with Crippen LogP contribution >= 0.6 is 0 Å². The Kier molecular flexibility index (Phi) is 7.26. The number of hydrogen-bond donors (Lipinski definition) is 2. The SMILES string of the molecule is CC(OCc1ccccc1)C(NC(=O)OCC1c2ccccc2-c2ccccc21)C(=O)N1CC(C(=O)O)C2(CC2)C1. The molecule has 3 aliphatic rings. The Balaban J connectivity index is 1.16. The molecule has 2 amide bonds. The molecule has 3 aromatic rings. The first-order valence-corrected chi connectivity index (χ1v) is 14.1. The third-order valence-electron chi connectivity index (χ3n) is 8.86. The summed E-state index contributed by atoms with van der Waals surface area (Å²) in [6.45, 7) is 2.63. The molecule has 212 valence electrons. The predicted molar refractivity (Wildman–Crippen MR) is 152 cm³/mol. The zero-order chi connectivity index (χ0) is 28.6. The average Bonchev–Trinajstić information content (AvgIpc) is 3.54. The van der Waals surface area contributed by atoms with Crippen molar-refractivity contribution in [3.05, 3.63) is 95.6 Å². The Hall–Kier alpha value is -4.17. The van der Waals surface area contributed by atoms with Gasteiger partial charge in [-0.05, 0) is 47.6 Å². The van der Waals surface area contributed by atoms with Crippen LogP contribution in [0.2, 0.25) is 0 Å². The number of hydrogen-bond acceptors (Lipinski definition) is 5. The van der Waals surface area contributed by atoms with Gasteiger partial charge in [0.2, 0.25) is 5.91 Å². The Morgan fingerprint density at radius 1 is 0.951 bits per heavy atom. The quantitative estimate of drug-likeness (QED) is 0.393. The fourth-order valence-corrected chi connectivity index (χ4v) is 6.39. The fraction of sp³-hybridized carbons (Fsp3) is 0.364. The van der Waals surface area contributed by atoms with Crippen molar-refractivity contribution in [2.45, 2.75) is 44.4 Å². The summed E-state index contributed by atoms with van der Waals surface area (Å²) >= 11 is 0. The minimum atomic E-state index is -1.03. The van der Waals surface area contributed by atoms with Gasteiger partial charge in [0.25, 0.3) is 0 Å². The molecule has 2 N–H and O–H groups in total. The second-order valence-electron chi connectivity index (χ2n) is 11.4. The summed E-state index contributed by atoms with van der Waals surface area (Å²) in [5.74, 6) is -1.94. The van der Waals surface area contributed by atoms with Crippen molar-refractivity contribution in [3.63, 3.8) is 0 Å². The number of likely N-dealkylation sites (tertiary alicyclic amines) is 1. The molecular weight excluding hydrogens is 520 g/mol. The van der Waals surface area contributed by atoms with Crippen LogP contribution in [0, 0.1) is 11.3 Å². The molecule has 8 nitrogen and oxygen atoms in total. The van der Waals surface area contributed by atoms with Crippen LogP contribution in [0.1, 0.15) is 42.4 Å². The summed E-state index contributed by atoms with van der Waals surface area (Å²) in [6, 6.07) is 24.7. The van der Waals surface area contributed by atoms with Crippen LogP contribution in [0.3, 0.4) is 0 Å². The van der Waals surface area contributed by atoms with Crippen molar-refractivity contribution in [1.82, 2.24) is 10.2 Å². The van der Waals surface area contributed by atoms with E-state index in [2.05, 4.69) is 17.4 Å². The first-order chi connectivity index (χ1) is 19.9. The summed E-state index contributed by atoms with van der Waals surface area (Å²) in [6.07, 6.45) is 0.189. The summed E-state index contributed by atoms with van der Waals surface area (Å²) in [4.78, 5) is 40.5. The normalized spacial score (nSPS) is 19.7. The Morgan fingerprint density at radius 2 is 1.56 bits per heavy atom. The number of fused-ring (bicyclic) bond motifs is 3. The number of carbonyl (C=O) groups excluding carboxylic acids is 2. The van der Waals surface area contributed by atoms with Gasteiger partial charge < -0.3 is 24.8 Å². The van der Waals surface area contributed by atoms with E-state index in [1.165, 1.54) is 0 Å². The second kappa shape index (κ2) is 11.0. The molecule has 0 bridgehead atoms. The van der Waals surface area contributed by atoms with E-state index in [4.69, 9.17) is 9.47 Å². The number of carbonyl (C=O) groups is 3. The van der Waals surface area contributed by atoms with E-state index in [1.54, 1.807) is 11.8 Å².